The lowest BCUT2D eigenvalue weighted by molar-refractivity contribution is -0.144. The fourth-order valence-electron chi connectivity index (χ4n) is 5.59. The molecule has 1 unspecified atom stereocenters. The Hall–Kier alpha value is -2.77. The largest absolute Gasteiger partial charge is 0.487 e. The van der Waals surface area contributed by atoms with E-state index >= 15 is 0 Å². The molecule has 1 saturated heterocycles. The summed E-state index contributed by atoms with van der Waals surface area (Å²) in [4.78, 5) is 28.2. The highest BCUT2D eigenvalue weighted by Crippen LogP contribution is 2.43. The highest BCUT2D eigenvalue weighted by molar-refractivity contribution is 6.32. The van der Waals surface area contributed by atoms with Gasteiger partial charge in [-0.3, -0.25) is 4.79 Å². The van der Waals surface area contributed by atoms with Gasteiger partial charge in [-0.1, -0.05) is 67.3 Å². The second-order valence-corrected chi connectivity index (χ2v) is 12.3. The maximum Gasteiger partial charge on any atom is 0.407 e. The van der Waals surface area contributed by atoms with Crippen LogP contribution < -0.4 is 10.1 Å². The first-order chi connectivity index (χ1) is 18.5. The van der Waals surface area contributed by atoms with E-state index in [1.807, 2.05) is 57.2 Å². The Labute approximate surface area is 236 Å². The van der Waals surface area contributed by atoms with Crippen LogP contribution in [-0.2, 0) is 16.1 Å². The summed E-state index contributed by atoms with van der Waals surface area (Å²) in [7, 11) is 0. The van der Waals surface area contributed by atoms with E-state index in [2.05, 4.69) is 5.32 Å². The molecule has 1 aliphatic carbocycles. The zero-order valence-electron chi connectivity index (χ0n) is 23.2. The molecule has 39 heavy (non-hydrogen) atoms. The van der Waals surface area contributed by atoms with Crippen molar-refractivity contribution in [3.8, 4) is 5.75 Å². The minimum Gasteiger partial charge on any atom is -0.487 e. The van der Waals surface area contributed by atoms with E-state index < -0.39 is 29.3 Å². The van der Waals surface area contributed by atoms with Gasteiger partial charge in [0.25, 0.3) is 0 Å². The van der Waals surface area contributed by atoms with Crippen LogP contribution in [0.2, 0.25) is 5.02 Å². The van der Waals surface area contributed by atoms with Gasteiger partial charge < -0.3 is 24.8 Å². The number of halogens is 1. The Balaban J connectivity index is 1.52. The van der Waals surface area contributed by atoms with Crippen molar-refractivity contribution < 1.29 is 24.2 Å². The lowest BCUT2D eigenvalue weighted by atomic mass is 9.72. The van der Waals surface area contributed by atoms with Crippen LogP contribution in [0, 0.1) is 0 Å². The molecule has 2 N–H and O–H groups in total. The Morgan fingerprint density at radius 2 is 1.82 bits per heavy atom. The Bertz CT molecular complexity index is 1130. The summed E-state index contributed by atoms with van der Waals surface area (Å²) in [5, 5.41) is 15.0. The number of amides is 2. The van der Waals surface area contributed by atoms with Gasteiger partial charge >= 0.3 is 6.09 Å². The van der Waals surface area contributed by atoms with Crippen molar-refractivity contribution in [3.63, 3.8) is 0 Å². The summed E-state index contributed by atoms with van der Waals surface area (Å²) >= 11 is 6.65. The summed E-state index contributed by atoms with van der Waals surface area (Å²) in [6.07, 6.45) is 4.40. The average molecular weight is 557 g/mol. The van der Waals surface area contributed by atoms with Crippen molar-refractivity contribution in [2.24, 2.45) is 0 Å². The van der Waals surface area contributed by atoms with Crippen molar-refractivity contribution in [1.82, 2.24) is 10.2 Å². The third-order valence-corrected chi connectivity index (χ3v) is 7.77. The van der Waals surface area contributed by atoms with E-state index in [-0.39, 0.29) is 5.91 Å². The molecule has 0 bridgehead atoms. The molecule has 4 rings (SSSR count). The molecule has 7 nitrogen and oxygen atoms in total. The third-order valence-electron chi connectivity index (χ3n) is 7.47. The van der Waals surface area contributed by atoms with Gasteiger partial charge in [-0.2, -0.15) is 0 Å². The SMILES string of the molecule is CC(C)(C)NC(=O)O[C@@H]1CCCN(C(=O)C(c2ccc(OCc3ccccc3)c(Cl)c2)C2(O)CCCCC2)C1. The first-order valence-electron chi connectivity index (χ1n) is 14.0. The Morgan fingerprint density at radius 1 is 1.10 bits per heavy atom. The Morgan fingerprint density at radius 3 is 2.49 bits per heavy atom. The van der Waals surface area contributed by atoms with Gasteiger partial charge in [0.2, 0.25) is 5.91 Å². The number of ether oxygens (including phenoxy) is 2. The van der Waals surface area contributed by atoms with Gasteiger partial charge in [0, 0.05) is 12.1 Å². The van der Waals surface area contributed by atoms with Gasteiger partial charge in [0.1, 0.15) is 18.5 Å². The molecule has 1 heterocycles. The number of aliphatic hydroxyl groups is 1. The maximum atomic E-state index is 14.1. The van der Waals surface area contributed by atoms with E-state index in [1.165, 1.54) is 0 Å². The molecule has 2 fully saturated rings. The molecule has 0 radical (unpaired) electrons. The van der Waals surface area contributed by atoms with E-state index in [9.17, 15) is 14.7 Å². The van der Waals surface area contributed by atoms with E-state index in [4.69, 9.17) is 21.1 Å². The second-order valence-electron chi connectivity index (χ2n) is 11.9. The van der Waals surface area contributed by atoms with Gasteiger partial charge in [0.15, 0.2) is 0 Å². The quantitative estimate of drug-likeness (QED) is 0.423. The first kappa shape index (κ1) is 29.2. The predicted molar refractivity (Wildman–Crippen MR) is 152 cm³/mol. The molecule has 2 aromatic carbocycles. The van der Waals surface area contributed by atoms with Gasteiger partial charge in [0.05, 0.1) is 23.1 Å². The highest BCUT2D eigenvalue weighted by atomic mass is 35.5. The number of carbonyl (C=O) groups is 2. The fourth-order valence-corrected chi connectivity index (χ4v) is 5.83. The molecule has 1 aliphatic heterocycles. The number of nitrogens with zero attached hydrogens (tertiary/aromatic N) is 1. The number of benzene rings is 2. The number of alkyl carbamates (subject to hydrolysis) is 1. The molecule has 0 aromatic heterocycles. The number of rotatable bonds is 7. The number of nitrogens with one attached hydrogen (secondary N) is 1. The maximum absolute atomic E-state index is 14.1. The van der Waals surface area contributed by atoms with Gasteiger partial charge in [-0.15, -0.1) is 0 Å². The van der Waals surface area contributed by atoms with E-state index in [0.717, 1.165) is 31.2 Å². The van der Waals surface area contributed by atoms with Crippen LogP contribution in [0.25, 0.3) is 0 Å². The van der Waals surface area contributed by atoms with Crippen LogP contribution in [0.1, 0.15) is 82.8 Å². The van der Waals surface area contributed by atoms with Crippen molar-refractivity contribution in [1.29, 1.82) is 0 Å². The van der Waals surface area contributed by atoms with Crippen LogP contribution in [-0.4, -0.2) is 52.3 Å². The third kappa shape index (κ3) is 7.89. The highest BCUT2D eigenvalue weighted by Gasteiger charge is 2.45. The molecular weight excluding hydrogens is 516 g/mol. The molecular formula is C31H41ClN2O5. The lowest BCUT2D eigenvalue weighted by Gasteiger charge is -2.42. The summed E-state index contributed by atoms with van der Waals surface area (Å²) in [6, 6.07) is 15.2. The van der Waals surface area contributed by atoms with E-state index in [1.54, 1.807) is 17.0 Å². The predicted octanol–water partition coefficient (Wildman–Crippen LogP) is 6.21. The molecule has 212 valence electrons. The summed E-state index contributed by atoms with van der Waals surface area (Å²) in [6.45, 7) is 6.91. The molecule has 2 atom stereocenters. The molecule has 2 aliphatic rings. The number of carbonyl (C=O) groups excluding carboxylic acids is 2. The summed E-state index contributed by atoms with van der Waals surface area (Å²) in [5.74, 6) is -0.388. The molecule has 1 saturated carbocycles. The molecule has 8 heteroatoms. The zero-order valence-corrected chi connectivity index (χ0v) is 24.0. The van der Waals surface area contributed by atoms with Crippen molar-refractivity contribution in [2.45, 2.75) is 95.5 Å². The average Bonchev–Trinajstić information content (AvgIpc) is 2.88. The normalized spacial score (nSPS) is 20.1. The van der Waals surface area contributed by atoms with Crippen LogP contribution >= 0.6 is 11.6 Å². The zero-order chi connectivity index (χ0) is 28.0. The number of hydrogen-bond donors (Lipinski definition) is 2. The molecule has 2 amide bonds. The van der Waals surface area contributed by atoms with Gasteiger partial charge in [-0.25, -0.2) is 4.79 Å². The summed E-state index contributed by atoms with van der Waals surface area (Å²) < 4.78 is 11.6. The van der Waals surface area contributed by atoms with Crippen LogP contribution in [0.3, 0.4) is 0 Å². The topological polar surface area (TPSA) is 88.1 Å². The van der Waals surface area contributed by atoms with Crippen molar-refractivity contribution in [3.05, 3.63) is 64.7 Å². The minimum atomic E-state index is -1.16. The monoisotopic (exact) mass is 556 g/mol. The summed E-state index contributed by atoms with van der Waals surface area (Å²) in [5.41, 5.74) is 0.130. The molecule has 2 aromatic rings. The van der Waals surface area contributed by atoms with Gasteiger partial charge in [-0.05, 0) is 69.7 Å². The lowest BCUT2D eigenvalue weighted by Crippen LogP contribution is -2.52. The van der Waals surface area contributed by atoms with Crippen molar-refractivity contribution >= 4 is 23.6 Å². The Kier molecular flexibility index (Phi) is 9.44. The number of piperidine rings is 1. The van der Waals surface area contributed by atoms with Crippen LogP contribution in [0.4, 0.5) is 4.79 Å². The van der Waals surface area contributed by atoms with Crippen LogP contribution in [0.5, 0.6) is 5.75 Å². The fraction of sp³-hybridized carbons (Fsp3) is 0.548. The van der Waals surface area contributed by atoms with E-state index in [0.29, 0.717) is 55.3 Å². The first-order valence-corrected chi connectivity index (χ1v) is 14.4. The minimum absolute atomic E-state index is 0.155. The standard InChI is InChI=1S/C31H41ClN2O5/c1-30(2,3)33-29(36)39-24-13-10-18-34(20-24)28(35)27(31(37)16-8-5-9-17-31)23-14-15-26(25(32)19-23)38-21-22-11-6-4-7-12-22/h4,6-7,11-12,14-15,19,24,27,37H,5,8-10,13,16-18,20-21H2,1-3H3,(H,33,36)/t24-,27?/m1/s1. The van der Waals surface area contributed by atoms with Crippen LogP contribution in [0.15, 0.2) is 48.5 Å². The molecule has 0 spiro atoms. The van der Waals surface area contributed by atoms with Crippen molar-refractivity contribution in [2.75, 3.05) is 13.1 Å². The smallest absolute Gasteiger partial charge is 0.407 e. The second kappa shape index (κ2) is 12.6. The number of likely N-dealkylation sites (tertiary alicyclic amines) is 1. The number of hydrogen-bond acceptors (Lipinski definition) is 5.